The van der Waals surface area contributed by atoms with Crippen molar-refractivity contribution in [3.63, 3.8) is 0 Å². The zero-order valence-electron chi connectivity index (χ0n) is 13.0. The Morgan fingerprint density at radius 3 is 2.42 bits per heavy atom. The number of nitrogens with one attached hydrogen (secondary N) is 2. The Labute approximate surface area is 144 Å². The molecule has 0 aromatic heterocycles. The van der Waals surface area contributed by atoms with Gasteiger partial charge in [0.1, 0.15) is 0 Å². The van der Waals surface area contributed by atoms with Crippen molar-refractivity contribution < 1.29 is 19.1 Å². The Hall–Kier alpha value is -2.73. The highest BCUT2D eigenvalue weighted by Gasteiger charge is 2.10. The van der Waals surface area contributed by atoms with Gasteiger partial charge in [0.2, 0.25) is 0 Å². The second-order valence-corrected chi connectivity index (χ2v) is 5.15. The van der Waals surface area contributed by atoms with E-state index in [4.69, 9.17) is 21.1 Å². The fourth-order valence-corrected chi connectivity index (χ4v) is 2.04. The Kier molecular flexibility index (Phi) is 6.45. The van der Waals surface area contributed by atoms with E-state index in [-0.39, 0.29) is 18.3 Å². The van der Waals surface area contributed by atoms with Crippen molar-refractivity contribution in [2.24, 2.45) is 0 Å². The number of amides is 2. The third kappa shape index (κ3) is 5.17. The molecule has 2 N–H and O–H groups in total. The van der Waals surface area contributed by atoms with Crippen LogP contribution in [-0.2, 0) is 11.3 Å². The lowest BCUT2D eigenvalue weighted by molar-refractivity contribution is -0.123. The van der Waals surface area contributed by atoms with Gasteiger partial charge in [-0.05, 0) is 23.8 Å². The molecule has 0 heterocycles. The van der Waals surface area contributed by atoms with Crippen LogP contribution in [0.5, 0.6) is 11.5 Å². The molecule has 126 valence electrons. The lowest BCUT2D eigenvalue weighted by atomic mass is 10.2. The van der Waals surface area contributed by atoms with Crippen molar-refractivity contribution >= 4 is 23.6 Å². The SMILES string of the molecule is CNC(=O)Oc1ccccc1OCC(=O)NCc1ccccc1Cl. The van der Waals surface area contributed by atoms with E-state index >= 15 is 0 Å². The van der Waals surface area contributed by atoms with Crippen LogP contribution in [0.2, 0.25) is 5.02 Å². The molecule has 6 nitrogen and oxygen atoms in total. The largest absolute Gasteiger partial charge is 0.480 e. The van der Waals surface area contributed by atoms with Crippen LogP contribution < -0.4 is 20.1 Å². The Morgan fingerprint density at radius 1 is 1.04 bits per heavy atom. The van der Waals surface area contributed by atoms with Crippen molar-refractivity contribution in [1.29, 1.82) is 0 Å². The highest BCUT2D eigenvalue weighted by molar-refractivity contribution is 6.31. The molecule has 2 aromatic carbocycles. The fraction of sp³-hybridized carbons (Fsp3) is 0.176. The lowest BCUT2D eigenvalue weighted by Gasteiger charge is -2.11. The van der Waals surface area contributed by atoms with Crippen LogP contribution >= 0.6 is 11.6 Å². The zero-order valence-corrected chi connectivity index (χ0v) is 13.8. The maximum Gasteiger partial charge on any atom is 0.412 e. The smallest absolute Gasteiger partial charge is 0.412 e. The van der Waals surface area contributed by atoms with Gasteiger partial charge in [0.05, 0.1) is 0 Å². The third-order valence-corrected chi connectivity index (χ3v) is 3.42. The zero-order chi connectivity index (χ0) is 17.4. The monoisotopic (exact) mass is 348 g/mol. The van der Waals surface area contributed by atoms with Crippen molar-refractivity contribution in [2.45, 2.75) is 6.54 Å². The second kappa shape index (κ2) is 8.79. The predicted molar refractivity (Wildman–Crippen MR) is 90.3 cm³/mol. The van der Waals surface area contributed by atoms with Gasteiger partial charge in [-0.15, -0.1) is 0 Å². The predicted octanol–water partition coefficient (Wildman–Crippen LogP) is 2.75. The summed E-state index contributed by atoms with van der Waals surface area (Å²) in [5, 5.41) is 5.64. The van der Waals surface area contributed by atoms with Gasteiger partial charge in [-0.25, -0.2) is 4.79 Å². The summed E-state index contributed by atoms with van der Waals surface area (Å²) < 4.78 is 10.5. The molecule has 0 radical (unpaired) electrons. The van der Waals surface area contributed by atoms with Crippen molar-refractivity contribution in [1.82, 2.24) is 10.6 Å². The molecule has 2 amide bonds. The summed E-state index contributed by atoms with van der Waals surface area (Å²) in [4.78, 5) is 23.2. The van der Waals surface area contributed by atoms with E-state index in [1.807, 2.05) is 18.2 Å². The summed E-state index contributed by atoms with van der Waals surface area (Å²) in [5.41, 5.74) is 0.816. The first kappa shape index (κ1) is 17.6. The van der Waals surface area contributed by atoms with E-state index in [1.54, 1.807) is 30.3 Å². The van der Waals surface area contributed by atoms with Crippen molar-refractivity contribution in [2.75, 3.05) is 13.7 Å². The number of halogens is 1. The van der Waals surface area contributed by atoms with Gasteiger partial charge >= 0.3 is 6.09 Å². The minimum Gasteiger partial charge on any atom is -0.480 e. The van der Waals surface area contributed by atoms with E-state index in [9.17, 15) is 9.59 Å². The van der Waals surface area contributed by atoms with Crippen LogP contribution in [0.1, 0.15) is 5.56 Å². The van der Waals surface area contributed by atoms with Crippen molar-refractivity contribution in [3.8, 4) is 11.5 Å². The standard InChI is InChI=1S/C17H17ClN2O4/c1-19-17(22)24-15-9-5-4-8-14(15)23-11-16(21)20-10-12-6-2-3-7-13(12)18/h2-9H,10-11H2,1H3,(H,19,22)(H,20,21). The molecule has 0 saturated carbocycles. The fourth-order valence-electron chi connectivity index (χ4n) is 1.83. The van der Waals surface area contributed by atoms with E-state index in [1.165, 1.54) is 7.05 Å². The second-order valence-electron chi connectivity index (χ2n) is 4.74. The first-order valence-electron chi connectivity index (χ1n) is 7.21. The van der Waals surface area contributed by atoms with Crippen LogP contribution in [-0.4, -0.2) is 25.7 Å². The average Bonchev–Trinajstić information content (AvgIpc) is 2.60. The molecular weight excluding hydrogens is 332 g/mol. The van der Waals surface area contributed by atoms with Gasteiger partial charge in [-0.1, -0.05) is 41.9 Å². The van der Waals surface area contributed by atoms with Crippen LogP contribution in [0, 0.1) is 0 Å². The molecule has 0 aliphatic carbocycles. The Bertz CT molecular complexity index is 721. The highest BCUT2D eigenvalue weighted by Crippen LogP contribution is 2.26. The maximum absolute atomic E-state index is 11.9. The van der Waals surface area contributed by atoms with Gasteiger partial charge in [0, 0.05) is 18.6 Å². The van der Waals surface area contributed by atoms with Gasteiger partial charge in [-0.3, -0.25) is 4.79 Å². The molecule has 0 aliphatic heterocycles. The van der Waals surface area contributed by atoms with E-state index in [0.29, 0.717) is 17.3 Å². The molecule has 2 rings (SSSR count). The van der Waals surface area contributed by atoms with Crippen molar-refractivity contribution in [3.05, 3.63) is 59.1 Å². The van der Waals surface area contributed by atoms with Crippen LogP contribution in [0.15, 0.2) is 48.5 Å². The normalized spacial score (nSPS) is 9.92. The first-order chi connectivity index (χ1) is 11.6. The highest BCUT2D eigenvalue weighted by atomic mass is 35.5. The first-order valence-corrected chi connectivity index (χ1v) is 7.59. The minimum absolute atomic E-state index is 0.210. The van der Waals surface area contributed by atoms with E-state index in [0.717, 1.165) is 5.56 Å². The Balaban J connectivity index is 1.88. The van der Waals surface area contributed by atoms with Crippen LogP contribution in [0.3, 0.4) is 0 Å². The number of benzene rings is 2. The van der Waals surface area contributed by atoms with E-state index < -0.39 is 6.09 Å². The summed E-state index contributed by atoms with van der Waals surface area (Å²) in [7, 11) is 1.45. The van der Waals surface area contributed by atoms with Gasteiger partial charge in [0.25, 0.3) is 5.91 Å². The molecule has 0 unspecified atom stereocenters. The number of hydrogen-bond donors (Lipinski definition) is 2. The maximum atomic E-state index is 11.9. The molecule has 0 fully saturated rings. The molecule has 0 bridgehead atoms. The molecule has 0 saturated heterocycles. The molecule has 24 heavy (non-hydrogen) atoms. The van der Waals surface area contributed by atoms with Gasteiger partial charge in [-0.2, -0.15) is 0 Å². The molecule has 2 aromatic rings. The summed E-state index contributed by atoms with van der Waals surface area (Å²) in [5.74, 6) is 0.217. The number of para-hydroxylation sites is 2. The number of carbonyl (C=O) groups excluding carboxylic acids is 2. The number of ether oxygens (including phenoxy) is 2. The summed E-state index contributed by atoms with van der Waals surface area (Å²) in [6.45, 7) is 0.0941. The molecular formula is C17H17ClN2O4. The topological polar surface area (TPSA) is 76.7 Å². The van der Waals surface area contributed by atoms with Crippen LogP contribution in [0.4, 0.5) is 4.79 Å². The third-order valence-electron chi connectivity index (χ3n) is 3.05. The molecule has 7 heteroatoms. The van der Waals surface area contributed by atoms with Gasteiger partial charge in [0.15, 0.2) is 18.1 Å². The lowest BCUT2D eigenvalue weighted by Crippen LogP contribution is -2.28. The Morgan fingerprint density at radius 2 is 1.71 bits per heavy atom. The van der Waals surface area contributed by atoms with Crippen LogP contribution in [0.25, 0.3) is 0 Å². The minimum atomic E-state index is -0.616. The van der Waals surface area contributed by atoms with Gasteiger partial charge < -0.3 is 20.1 Å². The van der Waals surface area contributed by atoms with E-state index in [2.05, 4.69) is 10.6 Å². The number of hydrogen-bond acceptors (Lipinski definition) is 4. The molecule has 0 spiro atoms. The quantitative estimate of drug-likeness (QED) is 0.841. The molecule has 0 atom stereocenters. The average molecular weight is 349 g/mol. The summed E-state index contributed by atoms with van der Waals surface area (Å²) in [6.07, 6.45) is -0.616. The molecule has 0 aliphatic rings. The number of rotatable bonds is 6. The summed E-state index contributed by atoms with van der Waals surface area (Å²) in [6, 6.07) is 13.8. The number of carbonyl (C=O) groups is 2. The summed E-state index contributed by atoms with van der Waals surface area (Å²) >= 11 is 6.03.